The van der Waals surface area contributed by atoms with Crippen LogP contribution in [-0.4, -0.2) is 35.2 Å². The second-order valence-electron chi connectivity index (χ2n) is 7.53. The lowest BCUT2D eigenvalue weighted by atomic mass is 9.77. The van der Waals surface area contributed by atoms with Crippen molar-refractivity contribution in [3.05, 3.63) is 83.4 Å². The maximum absolute atomic E-state index is 13.1. The van der Waals surface area contributed by atoms with E-state index in [1.54, 1.807) is 12.1 Å². The minimum absolute atomic E-state index is 0.0109. The third-order valence-corrected chi connectivity index (χ3v) is 5.41. The van der Waals surface area contributed by atoms with E-state index in [-0.39, 0.29) is 24.7 Å². The predicted molar refractivity (Wildman–Crippen MR) is 109 cm³/mol. The van der Waals surface area contributed by atoms with Crippen LogP contribution in [0.2, 0.25) is 0 Å². The van der Waals surface area contributed by atoms with E-state index < -0.39 is 34.6 Å². The number of halogens is 4. The summed E-state index contributed by atoms with van der Waals surface area (Å²) >= 11 is 0. The maximum atomic E-state index is 13.1. The molecule has 2 N–H and O–H groups in total. The van der Waals surface area contributed by atoms with Crippen LogP contribution in [0.3, 0.4) is 0 Å². The van der Waals surface area contributed by atoms with E-state index in [2.05, 4.69) is 10.3 Å². The van der Waals surface area contributed by atoms with Crippen LogP contribution in [0.25, 0.3) is 11.1 Å². The first-order valence-electron chi connectivity index (χ1n) is 9.66. The second-order valence-corrected chi connectivity index (χ2v) is 7.53. The Morgan fingerprint density at radius 3 is 2.18 bits per heavy atom. The van der Waals surface area contributed by atoms with Gasteiger partial charge in [0, 0.05) is 17.4 Å². The number of alkyl halides is 3. The largest absolute Gasteiger partial charge is 0.478 e. The van der Waals surface area contributed by atoms with Gasteiger partial charge in [0.05, 0.1) is 18.8 Å². The molecular formula is C23H16F4N2O4. The molecule has 1 saturated heterocycles. The first-order valence-corrected chi connectivity index (χ1v) is 9.66. The zero-order valence-electron chi connectivity index (χ0n) is 16.8. The van der Waals surface area contributed by atoms with Crippen LogP contribution in [0.4, 0.5) is 23.2 Å². The Kier molecular flexibility index (Phi) is 5.62. The molecule has 4 rings (SSSR count). The molecule has 1 aliphatic heterocycles. The molecule has 1 fully saturated rings. The SMILES string of the molecule is O=C(O)c1cc(C(F)(F)F)ncc1-c1ccc(C2(C(=O)Nc3ccc(F)cc3)COC2)cc1. The van der Waals surface area contributed by atoms with Crippen LogP contribution >= 0.6 is 0 Å². The standard InChI is InChI=1S/C23H16F4N2O4/c24-15-5-7-16(8-6-15)29-21(32)22(11-33-12-22)14-3-1-13(2-4-14)18-10-28-19(23(25,26)27)9-17(18)20(30)31/h1-10H,11-12H2,(H,29,32)(H,30,31). The quantitative estimate of drug-likeness (QED) is 0.547. The van der Waals surface area contributed by atoms with E-state index >= 15 is 0 Å². The smallest absolute Gasteiger partial charge is 0.433 e. The Morgan fingerprint density at radius 1 is 1.03 bits per heavy atom. The first-order chi connectivity index (χ1) is 15.6. The van der Waals surface area contributed by atoms with Gasteiger partial charge >= 0.3 is 12.1 Å². The highest BCUT2D eigenvalue weighted by Crippen LogP contribution is 2.36. The summed E-state index contributed by atoms with van der Waals surface area (Å²) in [6.07, 6.45) is -3.91. The molecule has 6 nitrogen and oxygen atoms in total. The Hall–Kier alpha value is -3.79. The number of hydrogen-bond donors (Lipinski definition) is 2. The van der Waals surface area contributed by atoms with Crippen molar-refractivity contribution in [2.24, 2.45) is 0 Å². The highest BCUT2D eigenvalue weighted by Gasteiger charge is 2.47. The summed E-state index contributed by atoms with van der Waals surface area (Å²) in [6.45, 7) is 0.198. The van der Waals surface area contributed by atoms with Crippen molar-refractivity contribution in [1.82, 2.24) is 4.98 Å². The molecule has 0 aliphatic carbocycles. The average molecular weight is 460 g/mol. The molecule has 33 heavy (non-hydrogen) atoms. The molecular weight excluding hydrogens is 444 g/mol. The Bertz CT molecular complexity index is 1200. The van der Waals surface area contributed by atoms with Gasteiger partial charge in [0.25, 0.3) is 0 Å². The van der Waals surface area contributed by atoms with Gasteiger partial charge in [-0.1, -0.05) is 24.3 Å². The lowest BCUT2D eigenvalue weighted by Gasteiger charge is -2.40. The van der Waals surface area contributed by atoms with Crippen molar-refractivity contribution >= 4 is 17.6 Å². The van der Waals surface area contributed by atoms with E-state index in [1.807, 2.05) is 0 Å². The van der Waals surface area contributed by atoms with E-state index in [0.717, 1.165) is 6.20 Å². The van der Waals surface area contributed by atoms with Crippen molar-refractivity contribution in [3.8, 4) is 11.1 Å². The van der Waals surface area contributed by atoms with Crippen LogP contribution in [0.5, 0.6) is 0 Å². The zero-order valence-corrected chi connectivity index (χ0v) is 16.8. The summed E-state index contributed by atoms with van der Waals surface area (Å²) in [7, 11) is 0. The van der Waals surface area contributed by atoms with E-state index in [4.69, 9.17) is 4.74 Å². The lowest BCUT2D eigenvalue weighted by molar-refractivity contribution is -0.141. The Balaban J connectivity index is 1.63. The van der Waals surface area contributed by atoms with E-state index in [1.165, 1.54) is 36.4 Å². The predicted octanol–water partition coefficient (Wildman–Crippen LogP) is 4.51. The molecule has 2 heterocycles. The summed E-state index contributed by atoms with van der Waals surface area (Å²) in [6, 6.07) is 12.0. The highest BCUT2D eigenvalue weighted by atomic mass is 19.4. The molecule has 1 amide bonds. The number of nitrogens with zero attached hydrogens (tertiary/aromatic N) is 1. The molecule has 0 unspecified atom stereocenters. The number of nitrogens with one attached hydrogen (secondary N) is 1. The molecule has 170 valence electrons. The molecule has 0 saturated carbocycles. The molecule has 0 spiro atoms. The molecule has 3 aromatic rings. The minimum Gasteiger partial charge on any atom is -0.478 e. The Morgan fingerprint density at radius 2 is 1.67 bits per heavy atom. The van der Waals surface area contributed by atoms with Gasteiger partial charge in [-0.2, -0.15) is 13.2 Å². The molecule has 0 bridgehead atoms. The normalized spacial score (nSPS) is 14.9. The van der Waals surface area contributed by atoms with Gasteiger partial charge in [0.1, 0.15) is 16.9 Å². The molecule has 10 heteroatoms. The van der Waals surface area contributed by atoms with Gasteiger partial charge in [-0.25, -0.2) is 9.18 Å². The Labute approximate surface area is 184 Å². The monoisotopic (exact) mass is 460 g/mol. The number of carbonyl (C=O) groups excluding carboxylic acids is 1. The number of pyridine rings is 1. The third kappa shape index (κ3) is 4.29. The van der Waals surface area contributed by atoms with E-state index in [0.29, 0.717) is 22.9 Å². The summed E-state index contributed by atoms with van der Waals surface area (Å²) in [5.41, 5.74) is -1.53. The number of amides is 1. The fourth-order valence-corrected chi connectivity index (χ4v) is 3.51. The molecule has 2 aromatic carbocycles. The summed E-state index contributed by atoms with van der Waals surface area (Å²) in [4.78, 5) is 27.9. The second kappa shape index (κ2) is 8.28. The van der Waals surface area contributed by atoms with Crippen LogP contribution in [0.1, 0.15) is 21.6 Å². The third-order valence-electron chi connectivity index (χ3n) is 5.41. The minimum atomic E-state index is -4.78. The van der Waals surface area contributed by atoms with Crippen molar-refractivity contribution in [3.63, 3.8) is 0 Å². The lowest BCUT2D eigenvalue weighted by Crippen LogP contribution is -2.55. The number of carboxylic acids is 1. The van der Waals surface area contributed by atoms with Gasteiger partial charge in [0.15, 0.2) is 0 Å². The van der Waals surface area contributed by atoms with Gasteiger partial charge < -0.3 is 15.2 Å². The van der Waals surface area contributed by atoms with Gasteiger partial charge in [-0.05, 0) is 41.5 Å². The zero-order chi connectivity index (χ0) is 23.8. The highest BCUT2D eigenvalue weighted by molar-refractivity contribution is 6.00. The average Bonchev–Trinajstić information content (AvgIpc) is 2.74. The maximum Gasteiger partial charge on any atom is 0.433 e. The molecule has 0 radical (unpaired) electrons. The molecule has 1 aromatic heterocycles. The molecule has 1 aliphatic rings. The number of anilines is 1. The van der Waals surface area contributed by atoms with Crippen LogP contribution in [-0.2, 0) is 21.1 Å². The van der Waals surface area contributed by atoms with Crippen LogP contribution in [0, 0.1) is 5.82 Å². The number of rotatable bonds is 5. The van der Waals surface area contributed by atoms with Crippen molar-refractivity contribution in [1.29, 1.82) is 0 Å². The summed E-state index contributed by atoms with van der Waals surface area (Å²) < 4.78 is 57.1. The summed E-state index contributed by atoms with van der Waals surface area (Å²) in [5, 5.41) is 12.1. The topological polar surface area (TPSA) is 88.5 Å². The van der Waals surface area contributed by atoms with Crippen molar-refractivity contribution in [2.75, 3.05) is 18.5 Å². The number of hydrogen-bond acceptors (Lipinski definition) is 4. The number of carbonyl (C=O) groups is 2. The van der Waals surface area contributed by atoms with E-state index in [9.17, 15) is 32.3 Å². The van der Waals surface area contributed by atoms with Crippen molar-refractivity contribution in [2.45, 2.75) is 11.6 Å². The molecule has 0 atom stereocenters. The summed E-state index contributed by atoms with van der Waals surface area (Å²) in [5.74, 6) is -2.33. The number of benzene rings is 2. The fourth-order valence-electron chi connectivity index (χ4n) is 3.51. The van der Waals surface area contributed by atoms with Crippen LogP contribution < -0.4 is 5.32 Å². The number of aromatic carboxylic acids is 1. The number of ether oxygens (including phenoxy) is 1. The van der Waals surface area contributed by atoms with Gasteiger partial charge in [0.2, 0.25) is 5.91 Å². The fraction of sp³-hybridized carbons (Fsp3) is 0.174. The van der Waals surface area contributed by atoms with Gasteiger partial charge in [-0.15, -0.1) is 0 Å². The first kappa shape index (κ1) is 22.4. The number of aromatic nitrogens is 1. The van der Waals surface area contributed by atoms with Crippen LogP contribution in [0.15, 0.2) is 60.8 Å². The van der Waals surface area contributed by atoms with Crippen molar-refractivity contribution < 1.29 is 37.0 Å². The van der Waals surface area contributed by atoms with Gasteiger partial charge in [-0.3, -0.25) is 9.78 Å². The number of carboxylic acid groups (broad SMARTS) is 1.